The zero-order valence-electron chi connectivity index (χ0n) is 15.6. The third-order valence-corrected chi connectivity index (χ3v) is 5.65. The van der Waals surface area contributed by atoms with Gasteiger partial charge in [0.05, 0.1) is 31.5 Å². The van der Waals surface area contributed by atoms with Gasteiger partial charge in [0.25, 0.3) is 5.91 Å². The van der Waals surface area contributed by atoms with E-state index in [4.69, 9.17) is 9.47 Å². The van der Waals surface area contributed by atoms with Gasteiger partial charge in [0.2, 0.25) is 0 Å². The Morgan fingerprint density at radius 1 is 1.25 bits per heavy atom. The predicted molar refractivity (Wildman–Crippen MR) is 105 cm³/mol. The molecule has 1 amide bonds. The van der Waals surface area contributed by atoms with E-state index in [1.54, 1.807) is 6.20 Å². The van der Waals surface area contributed by atoms with E-state index in [-0.39, 0.29) is 17.6 Å². The Bertz CT molecular complexity index is 946. The van der Waals surface area contributed by atoms with Crippen molar-refractivity contribution in [1.29, 1.82) is 0 Å². The fourth-order valence-corrected chi connectivity index (χ4v) is 4.18. The number of aromatic amines is 1. The molecule has 0 saturated carbocycles. The standard InChI is InChI=1S/C22H23N3O3/c26-21(20-11-16-5-1-2-7-19(16)24-20)25-14-22(15-25)12-18(8-10-28-22)27-13-17-6-3-4-9-23-17/h1-7,9,11,18,24H,8,10,12-15H2. The molecule has 144 valence electrons. The average Bonchev–Trinajstić information content (AvgIpc) is 3.15. The SMILES string of the molecule is O=C(c1cc2ccccc2[nH]1)N1CC2(CC(OCc3ccccn3)CCO2)C1. The summed E-state index contributed by atoms with van der Waals surface area (Å²) in [6.07, 6.45) is 3.62. The fourth-order valence-electron chi connectivity index (χ4n) is 4.18. The molecule has 1 N–H and O–H groups in total. The number of rotatable bonds is 4. The van der Waals surface area contributed by atoms with Crippen molar-refractivity contribution in [2.24, 2.45) is 0 Å². The van der Waals surface area contributed by atoms with Crippen LogP contribution < -0.4 is 0 Å². The van der Waals surface area contributed by atoms with Crippen LogP contribution in [0.2, 0.25) is 0 Å². The van der Waals surface area contributed by atoms with Crippen LogP contribution in [0.5, 0.6) is 0 Å². The second kappa shape index (κ2) is 7.04. The topological polar surface area (TPSA) is 67.5 Å². The highest BCUT2D eigenvalue weighted by Gasteiger charge is 2.49. The Morgan fingerprint density at radius 2 is 2.11 bits per heavy atom. The molecule has 2 saturated heterocycles. The van der Waals surface area contributed by atoms with Gasteiger partial charge in [-0.25, -0.2) is 0 Å². The molecule has 2 aromatic heterocycles. The first-order valence-electron chi connectivity index (χ1n) is 9.73. The Hall–Kier alpha value is -2.70. The second-order valence-corrected chi connectivity index (χ2v) is 7.71. The normalized spacial score (nSPS) is 21.0. The molecule has 1 aromatic carbocycles. The maximum Gasteiger partial charge on any atom is 0.270 e. The van der Waals surface area contributed by atoms with Gasteiger partial charge >= 0.3 is 0 Å². The first-order valence-corrected chi connectivity index (χ1v) is 9.73. The third kappa shape index (κ3) is 3.30. The summed E-state index contributed by atoms with van der Waals surface area (Å²) in [6, 6.07) is 15.7. The Balaban J connectivity index is 1.19. The molecule has 1 atom stereocenters. The number of hydrogen-bond acceptors (Lipinski definition) is 4. The first-order chi connectivity index (χ1) is 13.7. The van der Waals surface area contributed by atoms with Crippen LogP contribution in [0.1, 0.15) is 29.0 Å². The lowest BCUT2D eigenvalue weighted by atomic mass is 9.84. The molecule has 6 nitrogen and oxygen atoms in total. The van der Waals surface area contributed by atoms with E-state index in [0.29, 0.717) is 32.0 Å². The third-order valence-electron chi connectivity index (χ3n) is 5.65. The summed E-state index contributed by atoms with van der Waals surface area (Å²) in [6.45, 7) is 2.41. The lowest BCUT2D eigenvalue weighted by Gasteiger charge is -2.52. The van der Waals surface area contributed by atoms with Gasteiger partial charge in [-0.1, -0.05) is 24.3 Å². The Morgan fingerprint density at radius 3 is 2.93 bits per heavy atom. The molecule has 1 unspecified atom stereocenters. The zero-order valence-corrected chi connectivity index (χ0v) is 15.6. The molecule has 0 bridgehead atoms. The summed E-state index contributed by atoms with van der Waals surface area (Å²) < 4.78 is 12.1. The molecule has 0 aliphatic carbocycles. The molecule has 28 heavy (non-hydrogen) atoms. The summed E-state index contributed by atoms with van der Waals surface area (Å²) in [5, 5.41) is 1.05. The number of fused-ring (bicyclic) bond motifs is 1. The second-order valence-electron chi connectivity index (χ2n) is 7.71. The molecule has 1 spiro atoms. The summed E-state index contributed by atoms with van der Waals surface area (Å²) in [5.41, 5.74) is 2.29. The van der Waals surface area contributed by atoms with Gasteiger partial charge < -0.3 is 19.4 Å². The molecule has 3 aromatic rings. The number of nitrogens with zero attached hydrogens (tertiary/aromatic N) is 2. The summed E-state index contributed by atoms with van der Waals surface area (Å²) in [5.74, 6) is 0.0296. The number of benzene rings is 1. The molecular weight excluding hydrogens is 354 g/mol. The lowest BCUT2D eigenvalue weighted by molar-refractivity contribution is -0.188. The van der Waals surface area contributed by atoms with Crippen LogP contribution in [0.4, 0.5) is 0 Å². The van der Waals surface area contributed by atoms with Gasteiger partial charge in [-0.2, -0.15) is 0 Å². The number of para-hydroxylation sites is 1. The average molecular weight is 377 g/mol. The minimum absolute atomic E-state index is 0.0296. The predicted octanol–water partition coefficient (Wildman–Crippen LogP) is 3.15. The number of amides is 1. The van der Waals surface area contributed by atoms with Crippen LogP contribution in [-0.4, -0.2) is 52.2 Å². The molecule has 2 aliphatic rings. The molecule has 0 radical (unpaired) electrons. The van der Waals surface area contributed by atoms with Gasteiger partial charge in [0, 0.05) is 30.1 Å². The van der Waals surface area contributed by atoms with Crippen LogP contribution in [0.3, 0.4) is 0 Å². The molecular formula is C22H23N3O3. The van der Waals surface area contributed by atoms with Gasteiger partial charge in [0.1, 0.15) is 11.3 Å². The van der Waals surface area contributed by atoms with Crippen LogP contribution in [-0.2, 0) is 16.1 Å². The minimum Gasteiger partial charge on any atom is -0.372 e. The van der Waals surface area contributed by atoms with Crippen molar-refractivity contribution >= 4 is 16.8 Å². The van der Waals surface area contributed by atoms with Crippen molar-refractivity contribution < 1.29 is 14.3 Å². The van der Waals surface area contributed by atoms with Crippen LogP contribution in [0, 0.1) is 0 Å². The van der Waals surface area contributed by atoms with Gasteiger partial charge in [-0.3, -0.25) is 9.78 Å². The van der Waals surface area contributed by atoms with E-state index in [1.165, 1.54) is 0 Å². The summed E-state index contributed by atoms with van der Waals surface area (Å²) in [7, 11) is 0. The van der Waals surface area contributed by atoms with Gasteiger partial charge in [-0.05, 0) is 30.7 Å². The van der Waals surface area contributed by atoms with Crippen LogP contribution >= 0.6 is 0 Å². The van der Waals surface area contributed by atoms with Crippen molar-refractivity contribution in [2.75, 3.05) is 19.7 Å². The smallest absolute Gasteiger partial charge is 0.270 e. The number of pyridine rings is 1. The van der Waals surface area contributed by atoms with Gasteiger partial charge in [-0.15, -0.1) is 0 Å². The number of nitrogens with one attached hydrogen (secondary N) is 1. The number of ether oxygens (including phenoxy) is 2. The van der Waals surface area contributed by atoms with E-state index >= 15 is 0 Å². The number of aromatic nitrogens is 2. The number of likely N-dealkylation sites (tertiary alicyclic amines) is 1. The number of carbonyl (C=O) groups excluding carboxylic acids is 1. The fraction of sp³-hybridized carbons (Fsp3) is 0.364. The quantitative estimate of drug-likeness (QED) is 0.758. The Kier molecular flexibility index (Phi) is 4.37. The van der Waals surface area contributed by atoms with E-state index in [9.17, 15) is 4.79 Å². The first kappa shape index (κ1) is 17.4. The van der Waals surface area contributed by atoms with E-state index in [0.717, 1.165) is 29.4 Å². The maximum absolute atomic E-state index is 12.8. The summed E-state index contributed by atoms with van der Waals surface area (Å²) in [4.78, 5) is 22.2. The lowest BCUT2D eigenvalue weighted by Crippen LogP contribution is -2.67. The number of carbonyl (C=O) groups is 1. The molecule has 4 heterocycles. The van der Waals surface area contributed by atoms with Crippen LogP contribution in [0.15, 0.2) is 54.7 Å². The van der Waals surface area contributed by atoms with E-state index in [1.807, 2.05) is 53.4 Å². The monoisotopic (exact) mass is 377 g/mol. The molecule has 2 fully saturated rings. The highest BCUT2D eigenvalue weighted by molar-refractivity contribution is 5.98. The largest absolute Gasteiger partial charge is 0.372 e. The van der Waals surface area contributed by atoms with Gasteiger partial charge in [0.15, 0.2) is 0 Å². The maximum atomic E-state index is 12.8. The highest BCUT2D eigenvalue weighted by Crippen LogP contribution is 2.36. The zero-order chi connectivity index (χ0) is 19.0. The number of H-pyrrole nitrogens is 1. The van der Waals surface area contributed by atoms with E-state index < -0.39 is 0 Å². The van der Waals surface area contributed by atoms with Crippen molar-refractivity contribution in [2.45, 2.75) is 31.2 Å². The van der Waals surface area contributed by atoms with Crippen molar-refractivity contribution in [1.82, 2.24) is 14.9 Å². The highest BCUT2D eigenvalue weighted by atomic mass is 16.5. The van der Waals surface area contributed by atoms with Crippen molar-refractivity contribution in [3.63, 3.8) is 0 Å². The van der Waals surface area contributed by atoms with Crippen molar-refractivity contribution in [3.05, 3.63) is 66.1 Å². The molecule has 2 aliphatic heterocycles. The van der Waals surface area contributed by atoms with E-state index in [2.05, 4.69) is 9.97 Å². The number of hydrogen-bond donors (Lipinski definition) is 1. The van der Waals surface area contributed by atoms with Crippen LogP contribution in [0.25, 0.3) is 10.9 Å². The molecule has 5 rings (SSSR count). The Labute approximate surface area is 163 Å². The minimum atomic E-state index is -0.269. The summed E-state index contributed by atoms with van der Waals surface area (Å²) >= 11 is 0. The molecule has 6 heteroatoms. The van der Waals surface area contributed by atoms with Crippen molar-refractivity contribution in [3.8, 4) is 0 Å².